The number of thioether (sulfide) groups is 1. The quantitative estimate of drug-likeness (QED) is 0.658. The van der Waals surface area contributed by atoms with Crippen molar-refractivity contribution in [2.75, 3.05) is 26.5 Å². The van der Waals surface area contributed by atoms with Crippen LogP contribution < -0.4 is 5.73 Å². The van der Waals surface area contributed by atoms with E-state index in [0.29, 0.717) is 5.75 Å². The molecule has 0 bridgehead atoms. The zero-order chi connectivity index (χ0) is 11.4. The van der Waals surface area contributed by atoms with Gasteiger partial charge in [0.15, 0.2) is 0 Å². The molecule has 2 atom stereocenters. The van der Waals surface area contributed by atoms with Crippen molar-refractivity contribution in [1.29, 1.82) is 0 Å². The molecule has 1 saturated heterocycles. The topological polar surface area (TPSA) is 72.6 Å². The molecule has 1 fully saturated rings. The SMILES string of the molecule is COC(=O)C(N)CSC1CCN(C)C1=O. The third-order valence-corrected chi connectivity index (χ3v) is 3.75. The first-order chi connectivity index (χ1) is 7.06. The number of methoxy groups -OCH3 is 1. The van der Waals surface area contributed by atoms with E-state index in [0.717, 1.165) is 13.0 Å². The fourth-order valence-corrected chi connectivity index (χ4v) is 2.55. The largest absolute Gasteiger partial charge is 0.468 e. The number of carbonyl (C=O) groups excluding carboxylic acids is 2. The average Bonchev–Trinajstić information content (AvgIpc) is 2.55. The minimum Gasteiger partial charge on any atom is -0.468 e. The van der Waals surface area contributed by atoms with Crippen molar-refractivity contribution in [3.63, 3.8) is 0 Å². The lowest BCUT2D eigenvalue weighted by atomic mass is 10.4. The minimum atomic E-state index is -0.640. The van der Waals surface area contributed by atoms with Crippen LogP contribution in [0.15, 0.2) is 0 Å². The Hall–Kier alpha value is -0.750. The third kappa shape index (κ3) is 3.10. The van der Waals surface area contributed by atoms with Gasteiger partial charge in [0, 0.05) is 19.3 Å². The molecule has 0 spiro atoms. The average molecular weight is 232 g/mol. The maximum absolute atomic E-state index is 11.5. The van der Waals surface area contributed by atoms with Crippen LogP contribution in [-0.2, 0) is 14.3 Å². The van der Waals surface area contributed by atoms with E-state index in [4.69, 9.17) is 5.73 Å². The van der Waals surface area contributed by atoms with E-state index in [2.05, 4.69) is 4.74 Å². The summed E-state index contributed by atoms with van der Waals surface area (Å²) in [6, 6.07) is -0.640. The van der Waals surface area contributed by atoms with Crippen LogP contribution in [0.2, 0.25) is 0 Å². The molecule has 0 saturated carbocycles. The van der Waals surface area contributed by atoms with Crippen LogP contribution in [0, 0.1) is 0 Å². The molecule has 15 heavy (non-hydrogen) atoms. The molecular formula is C9H16N2O3S. The van der Waals surface area contributed by atoms with Gasteiger partial charge in [-0.05, 0) is 6.42 Å². The number of carbonyl (C=O) groups is 2. The Morgan fingerprint density at radius 1 is 1.80 bits per heavy atom. The Morgan fingerprint density at radius 2 is 2.47 bits per heavy atom. The molecule has 0 aliphatic carbocycles. The first-order valence-corrected chi connectivity index (χ1v) is 5.81. The lowest BCUT2D eigenvalue weighted by Crippen LogP contribution is -2.35. The van der Waals surface area contributed by atoms with Crippen LogP contribution in [0.5, 0.6) is 0 Å². The number of ether oxygens (including phenoxy) is 1. The van der Waals surface area contributed by atoms with Crippen molar-refractivity contribution in [1.82, 2.24) is 4.90 Å². The van der Waals surface area contributed by atoms with Gasteiger partial charge in [0.25, 0.3) is 0 Å². The number of esters is 1. The van der Waals surface area contributed by atoms with Crippen LogP contribution in [0.4, 0.5) is 0 Å². The number of likely N-dealkylation sites (tertiary alicyclic amines) is 1. The lowest BCUT2D eigenvalue weighted by molar-refractivity contribution is -0.141. The van der Waals surface area contributed by atoms with Gasteiger partial charge in [-0.2, -0.15) is 0 Å². The highest BCUT2D eigenvalue weighted by Crippen LogP contribution is 2.23. The Kier molecular flexibility index (Phi) is 4.41. The van der Waals surface area contributed by atoms with Gasteiger partial charge in [0.2, 0.25) is 5.91 Å². The molecule has 0 aromatic rings. The summed E-state index contributed by atoms with van der Waals surface area (Å²) >= 11 is 1.43. The van der Waals surface area contributed by atoms with Gasteiger partial charge in [-0.1, -0.05) is 0 Å². The molecule has 86 valence electrons. The summed E-state index contributed by atoms with van der Waals surface area (Å²) < 4.78 is 4.50. The molecule has 1 aliphatic rings. The first kappa shape index (κ1) is 12.3. The molecule has 1 heterocycles. The highest BCUT2D eigenvalue weighted by atomic mass is 32.2. The summed E-state index contributed by atoms with van der Waals surface area (Å²) in [5, 5.41) is -0.0503. The molecule has 1 rings (SSSR count). The van der Waals surface area contributed by atoms with Gasteiger partial charge in [-0.3, -0.25) is 9.59 Å². The standard InChI is InChI=1S/C9H16N2O3S/c1-11-4-3-7(8(11)12)15-5-6(10)9(13)14-2/h6-7H,3-5,10H2,1-2H3. The van der Waals surface area contributed by atoms with Crippen molar-refractivity contribution < 1.29 is 14.3 Å². The third-order valence-electron chi connectivity index (χ3n) is 2.36. The van der Waals surface area contributed by atoms with E-state index >= 15 is 0 Å². The Balaban J connectivity index is 2.32. The maximum Gasteiger partial charge on any atom is 0.323 e. The monoisotopic (exact) mass is 232 g/mol. The van der Waals surface area contributed by atoms with Crippen LogP contribution in [-0.4, -0.2) is 54.5 Å². The van der Waals surface area contributed by atoms with Gasteiger partial charge in [0.1, 0.15) is 6.04 Å². The summed E-state index contributed by atoms with van der Waals surface area (Å²) in [7, 11) is 3.09. The van der Waals surface area contributed by atoms with Crippen molar-refractivity contribution in [2.45, 2.75) is 17.7 Å². The van der Waals surface area contributed by atoms with Crippen molar-refractivity contribution >= 4 is 23.6 Å². The Labute approximate surface area is 93.3 Å². The smallest absolute Gasteiger partial charge is 0.323 e. The van der Waals surface area contributed by atoms with E-state index < -0.39 is 12.0 Å². The summed E-state index contributed by atoms with van der Waals surface area (Å²) in [4.78, 5) is 24.2. The van der Waals surface area contributed by atoms with E-state index in [9.17, 15) is 9.59 Å². The number of hydrogen-bond acceptors (Lipinski definition) is 5. The van der Waals surface area contributed by atoms with Crippen molar-refractivity contribution in [2.24, 2.45) is 5.73 Å². The summed E-state index contributed by atoms with van der Waals surface area (Å²) in [6.45, 7) is 0.782. The second kappa shape index (κ2) is 5.37. The summed E-state index contributed by atoms with van der Waals surface area (Å²) in [6.07, 6.45) is 0.827. The Bertz CT molecular complexity index is 260. The van der Waals surface area contributed by atoms with Crippen LogP contribution in [0.25, 0.3) is 0 Å². The van der Waals surface area contributed by atoms with Gasteiger partial charge in [0.05, 0.1) is 12.4 Å². The molecule has 0 aromatic carbocycles. The van der Waals surface area contributed by atoms with Crippen LogP contribution in [0.3, 0.4) is 0 Å². The number of nitrogens with two attached hydrogens (primary N) is 1. The molecule has 2 N–H and O–H groups in total. The van der Waals surface area contributed by atoms with E-state index in [1.54, 1.807) is 11.9 Å². The zero-order valence-corrected chi connectivity index (χ0v) is 9.75. The van der Waals surface area contributed by atoms with Crippen molar-refractivity contribution in [3.8, 4) is 0 Å². The van der Waals surface area contributed by atoms with Gasteiger partial charge in [-0.25, -0.2) is 0 Å². The van der Waals surface area contributed by atoms with Crippen LogP contribution >= 0.6 is 11.8 Å². The Morgan fingerprint density at radius 3 is 2.93 bits per heavy atom. The molecule has 2 unspecified atom stereocenters. The highest BCUT2D eigenvalue weighted by Gasteiger charge is 2.30. The molecule has 1 amide bonds. The molecule has 1 aliphatic heterocycles. The summed E-state index contributed by atoms with van der Waals surface area (Å²) in [5.41, 5.74) is 5.57. The molecule has 5 nitrogen and oxygen atoms in total. The van der Waals surface area contributed by atoms with Gasteiger partial charge < -0.3 is 15.4 Å². The predicted octanol–water partition coefficient (Wildman–Crippen LogP) is -0.549. The normalized spacial score (nSPS) is 23.0. The van der Waals surface area contributed by atoms with Gasteiger partial charge >= 0.3 is 5.97 Å². The predicted molar refractivity (Wildman–Crippen MR) is 58.5 cm³/mol. The number of hydrogen-bond donors (Lipinski definition) is 1. The number of nitrogens with zero attached hydrogens (tertiary/aromatic N) is 1. The molecule has 0 aromatic heterocycles. The molecule has 6 heteroatoms. The second-order valence-corrected chi connectivity index (χ2v) is 4.74. The maximum atomic E-state index is 11.5. The molecular weight excluding hydrogens is 216 g/mol. The number of rotatable bonds is 4. The van der Waals surface area contributed by atoms with Crippen molar-refractivity contribution in [3.05, 3.63) is 0 Å². The second-order valence-electron chi connectivity index (χ2n) is 3.50. The minimum absolute atomic E-state index is 0.0503. The van der Waals surface area contributed by atoms with Crippen LogP contribution in [0.1, 0.15) is 6.42 Å². The fourth-order valence-electron chi connectivity index (χ4n) is 1.38. The van der Waals surface area contributed by atoms with E-state index in [1.165, 1.54) is 18.9 Å². The highest BCUT2D eigenvalue weighted by molar-refractivity contribution is 8.00. The van der Waals surface area contributed by atoms with Gasteiger partial charge in [-0.15, -0.1) is 11.8 Å². The fraction of sp³-hybridized carbons (Fsp3) is 0.778. The number of amides is 1. The first-order valence-electron chi connectivity index (χ1n) is 4.76. The zero-order valence-electron chi connectivity index (χ0n) is 8.93. The van der Waals surface area contributed by atoms with E-state index in [-0.39, 0.29) is 11.2 Å². The van der Waals surface area contributed by atoms with E-state index in [1.807, 2.05) is 0 Å². The summed E-state index contributed by atoms with van der Waals surface area (Å²) in [5.74, 6) is 0.120. The molecule has 0 radical (unpaired) electrons. The lowest BCUT2D eigenvalue weighted by Gasteiger charge is -2.12.